The molecule has 4 rings (SSSR count). The van der Waals surface area contributed by atoms with Crippen molar-refractivity contribution in [1.82, 2.24) is 24.3 Å². The Morgan fingerprint density at radius 2 is 1.96 bits per heavy atom. The molecule has 0 fully saturated rings. The van der Waals surface area contributed by atoms with Crippen molar-refractivity contribution in [3.8, 4) is 0 Å². The second kappa shape index (κ2) is 5.94. The lowest BCUT2D eigenvalue weighted by molar-refractivity contribution is 0.102. The number of fused-ring (bicyclic) bond motifs is 2. The van der Waals surface area contributed by atoms with Crippen LogP contribution in [-0.4, -0.2) is 30.2 Å². The number of para-hydroxylation sites is 2. The summed E-state index contributed by atoms with van der Waals surface area (Å²) >= 11 is 0. The highest BCUT2D eigenvalue weighted by atomic mass is 16.1. The van der Waals surface area contributed by atoms with E-state index in [0.717, 1.165) is 33.5 Å². The van der Waals surface area contributed by atoms with Gasteiger partial charge in [-0.15, -0.1) is 0 Å². The van der Waals surface area contributed by atoms with Gasteiger partial charge in [0.15, 0.2) is 5.65 Å². The van der Waals surface area contributed by atoms with Crippen LogP contribution in [0.5, 0.6) is 0 Å². The lowest BCUT2D eigenvalue weighted by atomic mass is 10.1. The van der Waals surface area contributed by atoms with Crippen LogP contribution in [0, 0.1) is 13.8 Å². The van der Waals surface area contributed by atoms with Gasteiger partial charge in [-0.3, -0.25) is 10.1 Å². The molecule has 7 nitrogen and oxygen atoms in total. The van der Waals surface area contributed by atoms with Gasteiger partial charge in [0.1, 0.15) is 0 Å². The summed E-state index contributed by atoms with van der Waals surface area (Å²) in [5.74, 6) is 0.303. The molecule has 3 heterocycles. The first kappa shape index (κ1) is 16.3. The number of rotatable bonds is 3. The van der Waals surface area contributed by atoms with Crippen LogP contribution in [0.2, 0.25) is 0 Å². The minimum atomic E-state index is -0.211. The number of anilines is 1. The van der Waals surface area contributed by atoms with Gasteiger partial charge in [-0.2, -0.15) is 5.10 Å². The van der Waals surface area contributed by atoms with E-state index in [0.29, 0.717) is 18.1 Å². The minimum absolute atomic E-state index is 0.211. The Balaban J connectivity index is 1.81. The molecule has 1 amide bonds. The highest BCUT2D eigenvalue weighted by Gasteiger charge is 2.20. The molecule has 0 aliphatic carbocycles. The molecule has 1 N–H and O–H groups in total. The summed E-state index contributed by atoms with van der Waals surface area (Å²) in [4.78, 5) is 22.1. The van der Waals surface area contributed by atoms with Crippen LogP contribution in [-0.2, 0) is 13.6 Å². The number of carbonyl (C=O) groups excluding carboxylic acids is 1. The van der Waals surface area contributed by atoms with Crippen molar-refractivity contribution >= 4 is 33.9 Å². The topological polar surface area (TPSA) is 77.6 Å². The molecule has 4 aromatic rings. The molecule has 0 atom stereocenters. The van der Waals surface area contributed by atoms with Crippen LogP contribution >= 0.6 is 0 Å². The van der Waals surface area contributed by atoms with Gasteiger partial charge in [-0.25, -0.2) is 14.6 Å². The molecule has 0 unspecified atom stereocenters. The zero-order valence-electron chi connectivity index (χ0n) is 15.2. The van der Waals surface area contributed by atoms with Crippen LogP contribution in [0.15, 0.2) is 30.3 Å². The summed E-state index contributed by atoms with van der Waals surface area (Å²) in [7, 11) is 1.89. The quantitative estimate of drug-likeness (QED) is 0.617. The SMILES string of the molecule is CCn1nc(C)c2c(C(=O)Nc3nc4ccccc4n3C)cc(C)nc21. The van der Waals surface area contributed by atoms with E-state index in [4.69, 9.17) is 0 Å². The number of pyridine rings is 1. The summed E-state index contributed by atoms with van der Waals surface area (Å²) in [5.41, 5.74) is 4.69. The first-order chi connectivity index (χ1) is 12.5. The Morgan fingerprint density at radius 3 is 2.69 bits per heavy atom. The average Bonchev–Trinajstić information content (AvgIpc) is 3.12. The maximum atomic E-state index is 13.0. The molecule has 26 heavy (non-hydrogen) atoms. The van der Waals surface area contributed by atoms with E-state index < -0.39 is 0 Å². The zero-order chi connectivity index (χ0) is 18.4. The number of aromatic nitrogens is 5. The molecule has 7 heteroatoms. The van der Waals surface area contributed by atoms with E-state index in [1.807, 2.05) is 61.3 Å². The van der Waals surface area contributed by atoms with Crippen molar-refractivity contribution in [2.45, 2.75) is 27.3 Å². The summed E-state index contributed by atoms with van der Waals surface area (Å²) in [6.45, 7) is 6.49. The van der Waals surface area contributed by atoms with E-state index >= 15 is 0 Å². The fourth-order valence-corrected chi connectivity index (χ4v) is 3.30. The summed E-state index contributed by atoms with van der Waals surface area (Å²) in [6, 6.07) is 9.58. The van der Waals surface area contributed by atoms with E-state index in [2.05, 4.69) is 20.4 Å². The van der Waals surface area contributed by atoms with Crippen LogP contribution in [0.25, 0.3) is 22.1 Å². The van der Waals surface area contributed by atoms with Gasteiger partial charge in [-0.05, 0) is 39.0 Å². The summed E-state index contributed by atoms with van der Waals surface area (Å²) in [6.07, 6.45) is 0. The molecule has 1 aromatic carbocycles. The van der Waals surface area contributed by atoms with Crippen LogP contribution < -0.4 is 5.32 Å². The zero-order valence-corrected chi connectivity index (χ0v) is 15.2. The molecular weight excluding hydrogens is 328 g/mol. The molecule has 3 aromatic heterocycles. The maximum Gasteiger partial charge on any atom is 0.258 e. The van der Waals surface area contributed by atoms with Gasteiger partial charge < -0.3 is 4.57 Å². The van der Waals surface area contributed by atoms with Crippen LogP contribution in [0.1, 0.15) is 28.7 Å². The van der Waals surface area contributed by atoms with Crippen molar-refractivity contribution in [1.29, 1.82) is 0 Å². The predicted molar refractivity (Wildman–Crippen MR) is 101 cm³/mol. The van der Waals surface area contributed by atoms with Gasteiger partial charge in [0, 0.05) is 19.3 Å². The lowest BCUT2D eigenvalue weighted by Gasteiger charge is -2.08. The number of hydrogen-bond donors (Lipinski definition) is 1. The monoisotopic (exact) mass is 348 g/mol. The third-order valence-corrected chi connectivity index (χ3v) is 4.56. The second-order valence-electron chi connectivity index (χ2n) is 6.35. The third kappa shape index (κ3) is 2.44. The minimum Gasteiger partial charge on any atom is -0.313 e. The molecule has 132 valence electrons. The summed E-state index contributed by atoms with van der Waals surface area (Å²) in [5, 5.41) is 8.23. The van der Waals surface area contributed by atoms with E-state index in [-0.39, 0.29) is 5.91 Å². The smallest absolute Gasteiger partial charge is 0.258 e. The number of imidazole rings is 1. The molecule has 0 bridgehead atoms. The number of aryl methyl sites for hydroxylation is 4. The standard InChI is InChI=1S/C19H20N6O/c1-5-25-17-16(12(3)23-25)13(10-11(2)20-17)18(26)22-19-21-14-8-6-7-9-15(14)24(19)4/h6-10H,5H2,1-4H3,(H,21,22,26). The number of hydrogen-bond acceptors (Lipinski definition) is 4. The second-order valence-corrected chi connectivity index (χ2v) is 6.35. The van der Waals surface area contributed by atoms with Crippen molar-refractivity contribution < 1.29 is 4.79 Å². The Hall–Kier alpha value is -3.22. The molecule has 0 saturated heterocycles. The molecule has 0 saturated carbocycles. The predicted octanol–water partition coefficient (Wildman–Crippen LogP) is 3.21. The van der Waals surface area contributed by atoms with Crippen molar-refractivity contribution in [2.75, 3.05) is 5.32 Å². The normalized spacial score (nSPS) is 11.4. The van der Waals surface area contributed by atoms with Gasteiger partial charge in [-0.1, -0.05) is 12.1 Å². The van der Waals surface area contributed by atoms with E-state index in [9.17, 15) is 4.79 Å². The van der Waals surface area contributed by atoms with Crippen molar-refractivity contribution in [3.05, 3.63) is 47.3 Å². The molecule has 0 aliphatic rings. The maximum absolute atomic E-state index is 13.0. The Bertz CT molecular complexity index is 1150. The number of nitrogens with zero attached hydrogens (tertiary/aromatic N) is 5. The van der Waals surface area contributed by atoms with Crippen molar-refractivity contribution in [3.63, 3.8) is 0 Å². The van der Waals surface area contributed by atoms with Gasteiger partial charge in [0.2, 0.25) is 5.95 Å². The highest BCUT2D eigenvalue weighted by molar-refractivity contribution is 6.12. The number of carbonyl (C=O) groups is 1. The number of amides is 1. The fourth-order valence-electron chi connectivity index (χ4n) is 3.30. The molecule has 0 spiro atoms. The van der Waals surface area contributed by atoms with E-state index in [1.54, 1.807) is 6.07 Å². The first-order valence-corrected chi connectivity index (χ1v) is 8.57. The molecule has 0 aliphatic heterocycles. The van der Waals surface area contributed by atoms with Gasteiger partial charge >= 0.3 is 0 Å². The molecule has 0 radical (unpaired) electrons. The third-order valence-electron chi connectivity index (χ3n) is 4.56. The lowest BCUT2D eigenvalue weighted by Crippen LogP contribution is -2.16. The summed E-state index contributed by atoms with van der Waals surface area (Å²) < 4.78 is 3.70. The van der Waals surface area contributed by atoms with Gasteiger partial charge in [0.25, 0.3) is 5.91 Å². The number of nitrogens with one attached hydrogen (secondary N) is 1. The van der Waals surface area contributed by atoms with Crippen LogP contribution in [0.3, 0.4) is 0 Å². The van der Waals surface area contributed by atoms with Crippen LogP contribution in [0.4, 0.5) is 5.95 Å². The van der Waals surface area contributed by atoms with E-state index in [1.165, 1.54) is 0 Å². The van der Waals surface area contributed by atoms with Crippen molar-refractivity contribution in [2.24, 2.45) is 7.05 Å². The number of benzene rings is 1. The highest BCUT2D eigenvalue weighted by Crippen LogP contribution is 2.24. The Kier molecular flexibility index (Phi) is 3.72. The molecular formula is C19H20N6O. The Labute approximate surface area is 150 Å². The first-order valence-electron chi connectivity index (χ1n) is 8.57. The largest absolute Gasteiger partial charge is 0.313 e. The average molecular weight is 348 g/mol. The Morgan fingerprint density at radius 1 is 1.19 bits per heavy atom. The fraction of sp³-hybridized carbons (Fsp3) is 0.263. The van der Waals surface area contributed by atoms with Gasteiger partial charge in [0.05, 0.1) is 27.7 Å².